The lowest BCUT2D eigenvalue weighted by Crippen LogP contribution is -2.47. The zero-order chi connectivity index (χ0) is 27.4. The van der Waals surface area contributed by atoms with E-state index in [0.717, 1.165) is 59.6 Å². The van der Waals surface area contributed by atoms with Gasteiger partial charge in [-0.15, -0.1) is 0 Å². The number of amidine groups is 1. The average molecular weight is 515 g/mol. The summed E-state index contributed by atoms with van der Waals surface area (Å²) in [5, 5.41) is 6.83. The second kappa shape index (κ2) is 11.9. The molecule has 2 aromatic carbocycles. The van der Waals surface area contributed by atoms with Crippen LogP contribution in [-0.2, 0) is 0 Å². The molecule has 2 aliphatic rings. The van der Waals surface area contributed by atoms with Gasteiger partial charge in [-0.1, -0.05) is 13.0 Å². The summed E-state index contributed by atoms with van der Waals surface area (Å²) in [5.41, 5.74) is 14.5. The summed E-state index contributed by atoms with van der Waals surface area (Å²) < 4.78 is 0. The van der Waals surface area contributed by atoms with Crippen LogP contribution in [0.1, 0.15) is 60.2 Å². The normalized spacial score (nSPS) is 21.8. The molecule has 7 heteroatoms. The van der Waals surface area contributed by atoms with Crippen LogP contribution in [0, 0.1) is 26.7 Å². The number of carbonyl (C=O) groups is 1. The van der Waals surface area contributed by atoms with Crippen LogP contribution in [0.2, 0.25) is 0 Å². The first-order chi connectivity index (χ1) is 18.2. The van der Waals surface area contributed by atoms with Gasteiger partial charge in [0.25, 0.3) is 5.91 Å². The Morgan fingerprint density at radius 2 is 1.87 bits per heavy atom. The van der Waals surface area contributed by atoms with Gasteiger partial charge >= 0.3 is 0 Å². The Morgan fingerprint density at radius 1 is 1.13 bits per heavy atom. The van der Waals surface area contributed by atoms with Crippen molar-refractivity contribution in [3.8, 4) is 0 Å². The van der Waals surface area contributed by atoms with Crippen LogP contribution < -0.4 is 16.4 Å². The number of nitrogens with one attached hydrogen (secondary N) is 2. The SMILES string of the molecule is CCC(C=NC(C)=Nc1cc(C)cc(C)c1)=C(N)CNC1CC2CC1CN2C(=O)c1ccc(NC)c(C)c1. The fourth-order valence-corrected chi connectivity index (χ4v) is 5.85. The van der Waals surface area contributed by atoms with E-state index in [-0.39, 0.29) is 11.9 Å². The molecule has 2 aromatic rings. The molecule has 1 heterocycles. The topological polar surface area (TPSA) is 95.1 Å². The molecule has 7 nitrogen and oxygen atoms in total. The molecule has 38 heavy (non-hydrogen) atoms. The van der Waals surface area contributed by atoms with Gasteiger partial charge in [-0.25, -0.2) is 9.98 Å². The first-order valence-corrected chi connectivity index (χ1v) is 13.7. The number of hydrogen-bond acceptors (Lipinski definition) is 5. The van der Waals surface area contributed by atoms with Crippen LogP contribution in [0.5, 0.6) is 0 Å². The number of nitrogens with two attached hydrogens (primary N) is 1. The highest BCUT2D eigenvalue weighted by Gasteiger charge is 2.46. The first kappa shape index (κ1) is 27.6. The summed E-state index contributed by atoms with van der Waals surface area (Å²) in [6, 6.07) is 12.8. The second-order valence-corrected chi connectivity index (χ2v) is 10.8. The lowest BCUT2D eigenvalue weighted by Gasteiger charge is -2.32. The van der Waals surface area contributed by atoms with Gasteiger partial charge in [0, 0.05) is 55.4 Å². The molecule has 4 rings (SSSR count). The average Bonchev–Trinajstić information content (AvgIpc) is 3.47. The van der Waals surface area contributed by atoms with Crippen molar-refractivity contribution in [2.75, 3.05) is 25.5 Å². The molecule has 1 aliphatic carbocycles. The molecule has 2 bridgehead atoms. The van der Waals surface area contributed by atoms with E-state index in [1.165, 1.54) is 11.1 Å². The van der Waals surface area contributed by atoms with E-state index in [9.17, 15) is 4.79 Å². The van der Waals surface area contributed by atoms with Crippen LogP contribution >= 0.6 is 0 Å². The van der Waals surface area contributed by atoms with Crippen LogP contribution in [0.25, 0.3) is 0 Å². The summed E-state index contributed by atoms with van der Waals surface area (Å²) in [6.07, 6.45) is 4.67. The van der Waals surface area contributed by atoms with E-state index in [1.807, 2.05) is 45.3 Å². The third kappa shape index (κ3) is 6.33. The largest absolute Gasteiger partial charge is 0.401 e. The fourth-order valence-electron chi connectivity index (χ4n) is 5.85. The molecule has 0 spiro atoms. The molecule has 202 valence electrons. The molecule has 3 atom stereocenters. The van der Waals surface area contributed by atoms with E-state index in [2.05, 4.69) is 64.5 Å². The van der Waals surface area contributed by atoms with E-state index in [0.29, 0.717) is 24.3 Å². The lowest BCUT2D eigenvalue weighted by molar-refractivity contribution is 0.0686. The molecule has 2 fully saturated rings. The second-order valence-electron chi connectivity index (χ2n) is 10.8. The number of carbonyl (C=O) groups excluding carboxylic acids is 1. The Kier molecular flexibility index (Phi) is 8.67. The van der Waals surface area contributed by atoms with Gasteiger partial charge < -0.3 is 21.3 Å². The van der Waals surface area contributed by atoms with Gasteiger partial charge in [0.05, 0.1) is 5.69 Å². The van der Waals surface area contributed by atoms with Crippen molar-refractivity contribution < 1.29 is 4.79 Å². The number of allylic oxidation sites excluding steroid dienone is 1. The predicted molar refractivity (Wildman–Crippen MR) is 159 cm³/mol. The molecule has 0 radical (unpaired) electrons. The molecule has 3 unspecified atom stereocenters. The van der Waals surface area contributed by atoms with Crippen molar-refractivity contribution in [2.24, 2.45) is 21.6 Å². The Bertz CT molecular complexity index is 1260. The highest BCUT2D eigenvalue weighted by Crippen LogP contribution is 2.38. The van der Waals surface area contributed by atoms with Crippen molar-refractivity contribution in [1.29, 1.82) is 0 Å². The number of aryl methyl sites for hydroxylation is 3. The smallest absolute Gasteiger partial charge is 0.254 e. The van der Waals surface area contributed by atoms with Crippen LogP contribution in [-0.4, -0.2) is 55.1 Å². The van der Waals surface area contributed by atoms with Gasteiger partial charge in [-0.05, 0) is 105 Å². The van der Waals surface area contributed by atoms with Gasteiger partial charge in [0.1, 0.15) is 5.84 Å². The van der Waals surface area contributed by atoms with Gasteiger partial charge in [-0.2, -0.15) is 0 Å². The third-order valence-corrected chi connectivity index (χ3v) is 7.80. The minimum Gasteiger partial charge on any atom is -0.401 e. The third-order valence-electron chi connectivity index (χ3n) is 7.80. The maximum absolute atomic E-state index is 13.2. The maximum Gasteiger partial charge on any atom is 0.254 e. The molecule has 1 amide bonds. The number of amides is 1. The Labute approximate surface area is 227 Å². The monoisotopic (exact) mass is 514 g/mol. The number of aliphatic imine (C=N–C) groups is 2. The zero-order valence-electron chi connectivity index (χ0n) is 23.6. The van der Waals surface area contributed by atoms with Crippen molar-refractivity contribution in [3.05, 3.63) is 69.9 Å². The predicted octanol–water partition coefficient (Wildman–Crippen LogP) is 5.29. The molecule has 1 aliphatic heterocycles. The van der Waals surface area contributed by atoms with E-state index < -0.39 is 0 Å². The Hall–Kier alpha value is -3.45. The highest BCUT2D eigenvalue weighted by molar-refractivity contribution is 5.96. The van der Waals surface area contributed by atoms with Crippen molar-refractivity contribution in [2.45, 2.75) is 66.0 Å². The highest BCUT2D eigenvalue weighted by atomic mass is 16.2. The number of likely N-dealkylation sites (tertiary alicyclic amines) is 1. The molecular weight excluding hydrogens is 472 g/mol. The van der Waals surface area contributed by atoms with E-state index in [1.54, 1.807) is 0 Å². The summed E-state index contributed by atoms with van der Waals surface area (Å²) in [4.78, 5) is 24.5. The summed E-state index contributed by atoms with van der Waals surface area (Å²) >= 11 is 0. The van der Waals surface area contributed by atoms with Crippen LogP contribution in [0.3, 0.4) is 0 Å². The first-order valence-electron chi connectivity index (χ1n) is 13.7. The summed E-state index contributed by atoms with van der Waals surface area (Å²) in [5.74, 6) is 1.30. The number of anilines is 1. The number of fused-ring (bicyclic) bond motifs is 2. The molecule has 0 aromatic heterocycles. The number of rotatable bonds is 8. The minimum atomic E-state index is 0.142. The van der Waals surface area contributed by atoms with Gasteiger partial charge in [0.2, 0.25) is 0 Å². The quantitative estimate of drug-likeness (QED) is 0.330. The standard InChI is InChI=1S/C31H42N6O/c1-7-23(16-34-22(5)36-26-11-19(2)10-20(3)12-26)28(32)17-35-30-15-27-14-25(30)18-37(27)31(38)24-8-9-29(33-6)21(4)13-24/h8-13,16,25,27,30,33,35H,7,14-15,17-18,32H2,1-6H3. The Morgan fingerprint density at radius 3 is 2.47 bits per heavy atom. The molecule has 4 N–H and O–H groups in total. The summed E-state index contributed by atoms with van der Waals surface area (Å²) in [7, 11) is 1.90. The molecule has 1 saturated carbocycles. The Balaban J connectivity index is 1.33. The molecule has 1 saturated heterocycles. The van der Waals surface area contributed by atoms with Crippen LogP contribution in [0.4, 0.5) is 11.4 Å². The van der Waals surface area contributed by atoms with Crippen molar-refractivity contribution in [3.63, 3.8) is 0 Å². The number of hydrogen-bond donors (Lipinski definition) is 3. The summed E-state index contributed by atoms with van der Waals surface area (Å²) in [6.45, 7) is 11.6. The minimum absolute atomic E-state index is 0.142. The lowest BCUT2D eigenvalue weighted by atomic mass is 10.0. The van der Waals surface area contributed by atoms with Crippen LogP contribution in [0.15, 0.2) is 57.7 Å². The number of benzene rings is 2. The van der Waals surface area contributed by atoms with Crippen molar-refractivity contribution in [1.82, 2.24) is 10.2 Å². The number of nitrogens with zero attached hydrogens (tertiary/aromatic N) is 3. The van der Waals surface area contributed by atoms with Gasteiger partial charge in [-0.3, -0.25) is 4.79 Å². The van der Waals surface area contributed by atoms with Gasteiger partial charge in [0.15, 0.2) is 0 Å². The van der Waals surface area contributed by atoms with E-state index >= 15 is 0 Å². The maximum atomic E-state index is 13.2. The van der Waals surface area contributed by atoms with E-state index in [4.69, 9.17) is 5.73 Å². The zero-order valence-corrected chi connectivity index (χ0v) is 23.6. The molecular formula is C31H42N6O. The number of piperidine rings is 1. The fraction of sp³-hybridized carbons (Fsp3) is 0.452. The van der Waals surface area contributed by atoms with Crippen molar-refractivity contribution >= 4 is 29.3 Å².